The Bertz CT molecular complexity index is 223. The van der Waals surface area contributed by atoms with Crippen molar-refractivity contribution in [2.45, 2.75) is 52.1 Å². The first-order valence-electron chi connectivity index (χ1n) is 7.22. The van der Waals surface area contributed by atoms with Gasteiger partial charge in [-0.05, 0) is 65.1 Å². The summed E-state index contributed by atoms with van der Waals surface area (Å²) in [6.07, 6.45) is 10.5. The van der Waals surface area contributed by atoms with Crippen LogP contribution in [0.3, 0.4) is 0 Å². The van der Waals surface area contributed by atoms with Gasteiger partial charge >= 0.3 is 0 Å². The molecule has 0 aliphatic heterocycles. The van der Waals surface area contributed by atoms with Gasteiger partial charge in [-0.25, -0.2) is 4.39 Å². The van der Waals surface area contributed by atoms with Gasteiger partial charge in [-0.3, -0.25) is 0 Å². The predicted octanol–water partition coefficient (Wildman–Crippen LogP) is 4.61. The lowest BCUT2D eigenvalue weighted by Gasteiger charge is -2.17. The van der Waals surface area contributed by atoms with Crippen LogP contribution in [0, 0.1) is 5.92 Å². The van der Waals surface area contributed by atoms with E-state index in [-0.39, 0.29) is 0 Å². The lowest BCUT2D eigenvalue weighted by Crippen LogP contribution is -2.20. The molecule has 2 unspecified atom stereocenters. The molecular weight excluding hydrogens is 225 g/mol. The molecule has 0 spiro atoms. The molecule has 2 heteroatoms. The Hall–Kier alpha value is -0.630. The van der Waals surface area contributed by atoms with Crippen molar-refractivity contribution in [3.63, 3.8) is 0 Å². The van der Waals surface area contributed by atoms with E-state index in [2.05, 4.69) is 25.5 Å². The van der Waals surface area contributed by atoms with E-state index in [1.165, 1.54) is 12.8 Å². The highest BCUT2D eigenvalue weighted by Gasteiger charge is 2.05. The Balaban J connectivity index is 3.95. The van der Waals surface area contributed by atoms with Crippen molar-refractivity contribution >= 4 is 0 Å². The average molecular weight is 255 g/mol. The van der Waals surface area contributed by atoms with Gasteiger partial charge in [0, 0.05) is 0 Å². The second kappa shape index (κ2) is 11.5. The third kappa shape index (κ3) is 10.5. The summed E-state index contributed by atoms with van der Waals surface area (Å²) in [5.41, 5.74) is 0. The van der Waals surface area contributed by atoms with Crippen molar-refractivity contribution in [3.05, 3.63) is 24.8 Å². The molecule has 0 aliphatic rings. The monoisotopic (exact) mass is 255 g/mol. The molecule has 2 atom stereocenters. The van der Waals surface area contributed by atoms with E-state index in [1.807, 2.05) is 12.2 Å². The topological polar surface area (TPSA) is 3.24 Å². The van der Waals surface area contributed by atoms with Crippen LogP contribution in [0.4, 0.5) is 4.39 Å². The van der Waals surface area contributed by atoms with Crippen LogP contribution in [-0.2, 0) is 0 Å². The number of alkyl halides is 1. The van der Waals surface area contributed by atoms with E-state index in [4.69, 9.17) is 0 Å². The number of hydrogen-bond acceptors (Lipinski definition) is 1. The van der Waals surface area contributed by atoms with Crippen molar-refractivity contribution in [3.8, 4) is 0 Å². The zero-order valence-corrected chi connectivity index (χ0v) is 12.4. The smallest absolute Gasteiger partial charge is 0.115 e. The lowest BCUT2D eigenvalue weighted by atomic mass is 9.96. The lowest BCUT2D eigenvalue weighted by molar-refractivity contribution is 0.317. The van der Waals surface area contributed by atoms with E-state index in [0.29, 0.717) is 5.92 Å². The Morgan fingerprint density at radius 1 is 1.22 bits per heavy atom. The molecule has 0 fully saturated rings. The summed E-state index contributed by atoms with van der Waals surface area (Å²) in [6, 6.07) is 0. The molecule has 0 bridgehead atoms. The van der Waals surface area contributed by atoms with E-state index in [0.717, 1.165) is 32.4 Å². The van der Waals surface area contributed by atoms with Gasteiger partial charge < -0.3 is 4.90 Å². The van der Waals surface area contributed by atoms with E-state index in [1.54, 1.807) is 13.0 Å². The summed E-state index contributed by atoms with van der Waals surface area (Å²) in [4.78, 5) is 2.37. The van der Waals surface area contributed by atoms with Gasteiger partial charge in [0.25, 0.3) is 0 Å². The van der Waals surface area contributed by atoms with Gasteiger partial charge in [0.05, 0.1) is 0 Å². The van der Waals surface area contributed by atoms with Crippen LogP contribution >= 0.6 is 0 Å². The highest BCUT2D eigenvalue weighted by molar-refractivity contribution is 4.92. The zero-order valence-electron chi connectivity index (χ0n) is 12.4. The van der Waals surface area contributed by atoms with E-state index in [9.17, 15) is 4.39 Å². The van der Waals surface area contributed by atoms with E-state index < -0.39 is 6.17 Å². The Kier molecular flexibility index (Phi) is 11.1. The van der Waals surface area contributed by atoms with Crippen LogP contribution in [0.25, 0.3) is 0 Å². The van der Waals surface area contributed by atoms with Crippen LogP contribution in [0.2, 0.25) is 0 Å². The summed E-state index contributed by atoms with van der Waals surface area (Å²) in [5, 5.41) is 0. The van der Waals surface area contributed by atoms with Crippen molar-refractivity contribution in [1.29, 1.82) is 0 Å². The maximum Gasteiger partial charge on any atom is 0.115 e. The third-order valence-electron chi connectivity index (χ3n) is 3.11. The molecule has 0 N–H and O–H groups in total. The number of allylic oxidation sites excluding steroid dienone is 3. The van der Waals surface area contributed by atoms with Gasteiger partial charge in [0.1, 0.15) is 6.17 Å². The normalized spacial score (nSPS) is 15.2. The molecule has 0 rings (SSSR count). The fourth-order valence-corrected chi connectivity index (χ4v) is 2.10. The van der Waals surface area contributed by atoms with Crippen LogP contribution < -0.4 is 0 Å². The first-order chi connectivity index (χ1) is 8.60. The quantitative estimate of drug-likeness (QED) is 0.487. The largest absolute Gasteiger partial charge is 0.306 e. The number of hydrogen-bond donors (Lipinski definition) is 0. The molecule has 1 nitrogen and oxygen atoms in total. The fourth-order valence-electron chi connectivity index (χ4n) is 2.10. The maximum atomic E-state index is 12.8. The Morgan fingerprint density at radius 2 is 1.94 bits per heavy atom. The van der Waals surface area contributed by atoms with Crippen LogP contribution in [0.1, 0.15) is 46.0 Å². The van der Waals surface area contributed by atoms with Crippen molar-refractivity contribution in [1.82, 2.24) is 4.90 Å². The third-order valence-corrected chi connectivity index (χ3v) is 3.11. The molecule has 0 amide bonds. The highest BCUT2D eigenvalue weighted by Crippen LogP contribution is 2.16. The summed E-state index contributed by atoms with van der Waals surface area (Å²) < 4.78 is 12.8. The van der Waals surface area contributed by atoms with Gasteiger partial charge in [-0.2, -0.15) is 0 Å². The average Bonchev–Trinajstić information content (AvgIpc) is 2.32. The van der Waals surface area contributed by atoms with Crippen molar-refractivity contribution < 1.29 is 4.39 Å². The number of nitrogens with zero attached hydrogens (tertiary/aromatic N) is 1. The molecule has 0 saturated heterocycles. The van der Waals surface area contributed by atoms with Gasteiger partial charge in [0.15, 0.2) is 0 Å². The van der Waals surface area contributed by atoms with Crippen molar-refractivity contribution in [2.75, 3.05) is 20.1 Å². The summed E-state index contributed by atoms with van der Waals surface area (Å²) in [6.45, 7) is 9.83. The molecule has 0 heterocycles. The summed E-state index contributed by atoms with van der Waals surface area (Å²) >= 11 is 0. The number of halogens is 1. The minimum absolute atomic E-state index is 0.497. The fraction of sp³-hybridized carbons (Fsp3) is 0.750. The molecule has 0 saturated carbocycles. The van der Waals surface area contributed by atoms with Crippen LogP contribution in [0.5, 0.6) is 0 Å². The number of rotatable bonds is 11. The molecule has 106 valence electrons. The molecule has 0 aromatic rings. The maximum absolute atomic E-state index is 12.8. The second-order valence-corrected chi connectivity index (χ2v) is 5.13. The Labute approximate surface area is 113 Å². The first kappa shape index (κ1) is 17.4. The zero-order chi connectivity index (χ0) is 13.8. The summed E-state index contributed by atoms with van der Waals surface area (Å²) in [7, 11) is 2.17. The highest BCUT2D eigenvalue weighted by atomic mass is 19.1. The van der Waals surface area contributed by atoms with E-state index >= 15 is 0 Å². The Morgan fingerprint density at radius 3 is 2.50 bits per heavy atom. The van der Waals surface area contributed by atoms with Crippen molar-refractivity contribution in [2.24, 2.45) is 5.92 Å². The molecule has 0 aromatic carbocycles. The van der Waals surface area contributed by atoms with Gasteiger partial charge in [-0.1, -0.05) is 25.2 Å². The molecule has 0 aliphatic carbocycles. The van der Waals surface area contributed by atoms with Crippen LogP contribution in [-0.4, -0.2) is 31.2 Å². The molecule has 0 radical (unpaired) electrons. The van der Waals surface area contributed by atoms with Gasteiger partial charge in [-0.15, -0.1) is 6.58 Å². The first-order valence-corrected chi connectivity index (χ1v) is 7.22. The molecule has 0 aromatic heterocycles. The standard InChI is InChI=1S/C16H30FN/c1-5-7-9-16(12-11-15(3)17)10-8-14-18(4)13-6-2/h5,11-12,15-16H,1,6-10,13-14H2,2-4H3/b12-11-. The molecular formula is C16H30FN. The second-order valence-electron chi connectivity index (χ2n) is 5.13. The minimum atomic E-state index is -0.834. The SMILES string of the molecule is C=CCCC(/C=C\C(C)F)CCCN(C)CCC. The van der Waals surface area contributed by atoms with Crippen LogP contribution in [0.15, 0.2) is 24.8 Å². The summed E-state index contributed by atoms with van der Waals surface area (Å²) in [5.74, 6) is 0.497. The molecule has 18 heavy (non-hydrogen) atoms. The predicted molar refractivity (Wildman–Crippen MR) is 79.7 cm³/mol. The minimum Gasteiger partial charge on any atom is -0.306 e. The van der Waals surface area contributed by atoms with Gasteiger partial charge in [0.2, 0.25) is 0 Å².